The zero-order valence-corrected chi connectivity index (χ0v) is 10.3. The molecular weight excluding hydrogens is 204 g/mol. The number of nitrogens with zero attached hydrogens (tertiary/aromatic N) is 1. The third-order valence-corrected chi connectivity index (χ3v) is 4.17. The second-order valence-corrected chi connectivity index (χ2v) is 5.52. The van der Waals surface area contributed by atoms with E-state index in [1.54, 1.807) is 25.8 Å². The summed E-state index contributed by atoms with van der Waals surface area (Å²) in [6.45, 7) is 3.58. The third kappa shape index (κ3) is 1.43. The van der Waals surface area contributed by atoms with Crippen LogP contribution in [0.4, 0.5) is 0 Å². The second-order valence-electron chi connectivity index (χ2n) is 5.52. The van der Waals surface area contributed by atoms with E-state index in [0.717, 1.165) is 32.1 Å². The molecule has 0 aromatic rings. The molecule has 0 aromatic carbocycles. The molecule has 2 aliphatic rings. The number of carbonyl (C=O) groups excluding carboxylic acids is 2. The summed E-state index contributed by atoms with van der Waals surface area (Å²) in [5.41, 5.74) is -1.32. The van der Waals surface area contributed by atoms with E-state index in [1.807, 2.05) is 0 Å². The molecule has 90 valence electrons. The largest absolute Gasteiger partial charge is 0.340 e. The molecule has 1 aliphatic carbocycles. The molecule has 16 heavy (non-hydrogen) atoms. The van der Waals surface area contributed by atoms with Gasteiger partial charge in [-0.2, -0.15) is 0 Å². The number of amides is 2. The summed E-state index contributed by atoms with van der Waals surface area (Å²) in [6.07, 6.45) is 4.80. The van der Waals surface area contributed by atoms with Gasteiger partial charge in [-0.15, -0.1) is 0 Å². The van der Waals surface area contributed by atoms with E-state index in [2.05, 4.69) is 5.32 Å². The molecule has 0 aromatic heterocycles. The van der Waals surface area contributed by atoms with Gasteiger partial charge in [-0.3, -0.25) is 9.59 Å². The second kappa shape index (κ2) is 3.47. The Kier molecular flexibility index (Phi) is 2.48. The lowest BCUT2D eigenvalue weighted by Gasteiger charge is -2.49. The normalized spacial score (nSPS) is 28.1. The Hall–Kier alpha value is -1.06. The zero-order chi connectivity index (χ0) is 12.0. The van der Waals surface area contributed by atoms with Gasteiger partial charge in [0.05, 0.1) is 0 Å². The van der Waals surface area contributed by atoms with Crippen molar-refractivity contribution in [3.63, 3.8) is 0 Å². The van der Waals surface area contributed by atoms with Crippen LogP contribution in [0.1, 0.15) is 46.0 Å². The van der Waals surface area contributed by atoms with Crippen molar-refractivity contribution >= 4 is 11.8 Å². The van der Waals surface area contributed by atoms with Gasteiger partial charge in [-0.1, -0.05) is 19.3 Å². The van der Waals surface area contributed by atoms with Crippen molar-refractivity contribution in [1.82, 2.24) is 10.2 Å². The topological polar surface area (TPSA) is 49.4 Å². The van der Waals surface area contributed by atoms with Gasteiger partial charge in [-0.05, 0) is 26.7 Å². The van der Waals surface area contributed by atoms with Crippen LogP contribution >= 0.6 is 0 Å². The Balaban J connectivity index is 2.31. The van der Waals surface area contributed by atoms with Crippen LogP contribution in [0.15, 0.2) is 0 Å². The Morgan fingerprint density at radius 2 is 1.69 bits per heavy atom. The Morgan fingerprint density at radius 3 is 2.25 bits per heavy atom. The summed E-state index contributed by atoms with van der Waals surface area (Å²) >= 11 is 0. The number of rotatable bonds is 0. The molecule has 1 heterocycles. The molecule has 4 heteroatoms. The zero-order valence-electron chi connectivity index (χ0n) is 10.3. The van der Waals surface area contributed by atoms with E-state index in [-0.39, 0.29) is 11.8 Å². The molecular formula is C12H20N2O2. The lowest BCUT2D eigenvalue weighted by molar-refractivity contribution is -0.160. The van der Waals surface area contributed by atoms with E-state index in [9.17, 15) is 9.59 Å². The van der Waals surface area contributed by atoms with Crippen LogP contribution in [0.2, 0.25) is 0 Å². The predicted octanol–water partition coefficient (Wildman–Crippen LogP) is 1.06. The summed E-state index contributed by atoms with van der Waals surface area (Å²) in [6, 6.07) is 0. The molecule has 1 saturated carbocycles. The number of hydrogen-bond donors (Lipinski definition) is 1. The molecule has 2 rings (SSSR count). The molecule has 2 amide bonds. The van der Waals surface area contributed by atoms with E-state index >= 15 is 0 Å². The molecule has 4 nitrogen and oxygen atoms in total. The van der Waals surface area contributed by atoms with Crippen molar-refractivity contribution in [2.45, 2.75) is 57.0 Å². The molecule has 0 unspecified atom stereocenters. The summed E-state index contributed by atoms with van der Waals surface area (Å²) in [4.78, 5) is 26.0. The van der Waals surface area contributed by atoms with Crippen molar-refractivity contribution in [1.29, 1.82) is 0 Å². The highest BCUT2D eigenvalue weighted by Crippen LogP contribution is 2.35. The van der Waals surface area contributed by atoms with Crippen molar-refractivity contribution in [2.24, 2.45) is 0 Å². The molecule has 1 saturated heterocycles. The summed E-state index contributed by atoms with van der Waals surface area (Å²) < 4.78 is 0. The summed E-state index contributed by atoms with van der Waals surface area (Å²) in [5.74, 6) is 0.0494. The first kappa shape index (κ1) is 11.4. The van der Waals surface area contributed by atoms with Gasteiger partial charge in [0.25, 0.3) is 0 Å². The molecule has 1 aliphatic heterocycles. The first-order valence-corrected chi connectivity index (χ1v) is 6.01. The van der Waals surface area contributed by atoms with E-state index in [0.29, 0.717) is 0 Å². The standard InChI is InChI=1S/C12H20N2O2/c1-11(2)9(15)13-12(10(16)14(11)3)7-5-4-6-8-12/h4-8H2,1-3H3,(H,13,15). The highest BCUT2D eigenvalue weighted by atomic mass is 16.2. The van der Waals surface area contributed by atoms with Gasteiger partial charge in [0.15, 0.2) is 0 Å². The van der Waals surface area contributed by atoms with Gasteiger partial charge in [0.2, 0.25) is 11.8 Å². The maximum Gasteiger partial charge on any atom is 0.248 e. The number of piperazine rings is 1. The first-order valence-electron chi connectivity index (χ1n) is 6.01. The van der Waals surface area contributed by atoms with Crippen LogP contribution in [0.25, 0.3) is 0 Å². The fraction of sp³-hybridized carbons (Fsp3) is 0.833. The molecule has 0 atom stereocenters. The van der Waals surface area contributed by atoms with Gasteiger partial charge in [0, 0.05) is 7.05 Å². The molecule has 2 fully saturated rings. The quantitative estimate of drug-likeness (QED) is 0.668. The predicted molar refractivity (Wildman–Crippen MR) is 60.8 cm³/mol. The molecule has 1 N–H and O–H groups in total. The van der Waals surface area contributed by atoms with Crippen LogP contribution < -0.4 is 5.32 Å². The number of hydrogen-bond acceptors (Lipinski definition) is 2. The fourth-order valence-electron chi connectivity index (χ4n) is 2.65. The minimum absolute atomic E-state index is 0.0310. The van der Waals surface area contributed by atoms with Gasteiger partial charge >= 0.3 is 0 Å². The monoisotopic (exact) mass is 224 g/mol. The van der Waals surface area contributed by atoms with Crippen molar-refractivity contribution in [3.05, 3.63) is 0 Å². The Labute approximate surface area is 96.4 Å². The van der Waals surface area contributed by atoms with Crippen molar-refractivity contribution < 1.29 is 9.59 Å². The number of likely N-dealkylation sites (N-methyl/N-ethyl adjacent to an activating group) is 1. The minimum atomic E-state index is -0.722. The van der Waals surface area contributed by atoms with Crippen LogP contribution in [-0.2, 0) is 9.59 Å². The maximum atomic E-state index is 12.4. The number of nitrogens with one attached hydrogen (secondary N) is 1. The Bertz CT molecular complexity index is 330. The lowest BCUT2D eigenvalue weighted by Crippen LogP contribution is -2.73. The highest BCUT2D eigenvalue weighted by Gasteiger charge is 2.53. The minimum Gasteiger partial charge on any atom is -0.340 e. The summed E-state index contributed by atoms with van der Waals surface area (Å²) in [7, 11) is 1.73. The van der Waals surface area contributed by atoms with Crippen LogP contribution in [0.3, 0.4) is 0 Å². The molecule has 0 bridgehead atoms. The number of carbonyl (C=O) groups is 2. The van der Waals surface area contributed by atoms with Crippen LogP contribution in [-0.4, -0.2) is 34.8 Å². The van der Waals surface area contributed by atoms with E-state index in [1.165, 1.54) is 0 Å². The SMILES string of the molecule is CN1C(=O)C2(CCCCC2)NC(=O)C1(C)C. The Morgan fingerprint density at radius 1 is 1.12 bits per heavy atom. The highest BCUT2D eigenvalue weighted by molar-refractivity contribution is 6.01. The van der Waals surface area contributed by atoms with Gasteiger partial charge in [-0.25, -0.2) is 0 Å². The lowest BCUT2D eigenvalue weighted by atomic mass is 9.77. The van der Waals surface area contributed by atoms with Crippen LogP contribution in [0.5, 0.6) is 0 Å². The van der Waals surface area contributed by atoms with Crippen LogP contribution in [0, 0.1) is 0 Å². The average Bonchev–Trinajstić information content (AvgIpc) is 2.26. The van der Waals surface area contributed by atoms with Crippen molar-refractivity contribution in [3.8, 4) is 0 Å². The first-order chi connectivity index (χ1) is 7.40. The maximum absolute atomic E-state index is 12.4. The van der Waals surface area contributed by atoms with E-state index in [4.69, 9.17) is 0 Å². The molecule has 1 spiro atoms. The average molecular weight is 224 g/mol. The van der Waals surface area contributed by atoms with Crippen molar-refractivity contribution in [2.75, 3.05) is 7.05 Å². The van der Waals surface area contributed by atoms with Gasteiger partial charge < -0.3 is 10.2 Å². The summed E-state index contributed by atoms with van der Waals surface area (Å²) in [5, 5.41) is 2.97. The fourth-order valence-corrected chi connectivity index (χ4v) is 2.65. The van der Waals surface area contributed by atoms with E-state index < -0.39 is 11.1 Å². The third-order valence-electron chi connectivity index (χ3n) is 4.17. The van der Waals surface area contributed by atoms with Gasteiger partial charge in [0.1, 0.15) is 11.1 Å². The smallest absolute Gasteiger partial charge is 0.248 e. The molecule has 0 radical (unpaired) electrons.